The number of ether oxygens (including phenoxy) is 2. The monoisotopic (exact) mass is 393 g/mol. The molecular formula is C25H31NO3. The molecule has 1 N–H and O–H groups in total. The molecule has 4 heteroatoms. The first kappa shape index (κ1) is 20.0. The smallest absolute Gasteiger partial charge is 0.127 e. The number of likely N-dealkylation sites (tertiary alicyclic amines) is 1. The molecule has 0 amide bonds. The van der Waals surface area contributed by atoms with Crippen molar-refractivity contribution in [1.29, 1.82) is 0 Å². The highest BCUT2D eigenvalue weighted by atomic mass is 16.5. The molecule has 4 nitrogen and oxygen atoms in total. The van der Waals surface area contributed by atoms with Crippen molar-refractivity contribution in [2.75, 3.05) is 40.0 Å². The number of rotatable bonds is 7. The lowest BCUT2D eigenvalue weighted by Gasteiger charge is -2.42. The Morgan fingerprint density at radius 2 is 2.03 bits per heavy atom. The van der Waals surface area contributed by atoms with Crippen LogP contribution in [0.15, 0.2) is 54.1 Å². The highest BCUT2D eigenvalue weighted by Crippen LogP contribution is 2.36. The summed E-state index contributed by atoms with van der Waals surface area (Å²) in [5.74, 6) is 1.77. The number of hydrogen-bond acceptors (Lipinski definition) is 4. The van der Waals surface area contributed by atoms with Crippen LogP contribution in [-0.2, 0) is 6.42 Å². The second kappa shape index (κ2) is 9.02. The number of piperidine rings is 1. The Bertz CT molecular complexity index is 848. The van der Waals surface area contributed by atoms with Crippen molar-refractivity contribution in [3.05, 3.63) is 65.2 Å². The first-order valence-electron chi connectivity index (χ1n) is 10.6. The number of aliphatic hydroxyl groups excluding tert-OH is 1. The maximum absolute atomic E-state index is 10.3. The second-order valence-electron chi connectivity index (χ2n) is 8.45. The molecular weight excluding hydrogens is 362 g/mol. The van der Waals surface area contributed by atoms with Crippen LogP contribution in [0, 0.1) is 5.41 Å². The van der Waals surface area contributed by atoms with Gasteiger partial charge in [0.2, 0.25) is 0 Å². The van der Waals surface area contributed by atoms with Crippen molar-refractivity contribution < 1.29 is 14.6 Å². The van der Waals surface area contributed by atoms with Gasteiger partial charge < -0.3 is 14.6 Å². The fourth-order valence-corrected chi connectivity index (χ4v) is 4.62. The maximum atomic E-state index is 10.3. The van der Waals surface area contributed by atoms with Crippen LogP contribution in [0.4, 0.5) is 0 Å². The third-order valence-electron chi connectivity index (χ3n) is 6.28. The van der Waals surface area contributed by atoms with Crippen LogP contribution in [0.25, 0.3) is 6.08 Å². The number of fused-ring (bicyclic) bond motifs is 1. The Balaban J connectivity index is 1.41. The molecule has 1 atom stereocenters. The molecule has 2 heterocycles. The van der Waals surface area contributed by atoms with Crippen molar-refractivity contribution >= 4 is 6.08 Å². The van der Waals surface area contributed by atoms with Crippen molar-refractivity contribution in [3.8, 4) is 11.5 Å². The summed E-state index contributed by atoms with van der Waals surface area (Å²) >= 11 is 0. The third-order valence-corrected chi connectivity index (χ3v) is 6.28. The van der Waals surface area contributed by atoms with E-state index in [0.717, 1.165) is 62.4 Å². The summed E-state index contributed by atoms with van der Waals surface area (Å²) in [6.07, 6.45) is 6.52. The van der Waals surface area contributed by atoms with Crippen LogP contribution < -0.4 is 9.47 Å². The number of aliphatic hydroxyl groups is 1. The Labute approximate surface area is 173 Å². The van der Waals surface area contributed by atoms with Crippen molar-refractivity contribution in [2.45, 2.75) is 25.7 Å². The van der Waals surface area contributed by atoms with Crippen molar-refractivity contribution in [3.63, 3.8) is 0 Å². The molecule has 0 radical (unpaired) electrons. The molecule has 2 aliphatic heterocycles. The molecule has 154 valence electrons. The Morgan fingerprint density at radius 3 is 2.83 bits per heavy atom. The molecule has 0 bridgehead atoms. The van der Waals surface area contributed by atoms with Gasteiger partial charge in [0.1, 0.15) is 18.1 Å². The molecule has 4 rings (SSSR count). The van der Waals surface area contributed by atoms with Gasteiger partial charge in [-0.1, -0.05) is 30.3 Å². The lowest BCUT2D eigenvalue weighted by molar-refractivity contribution is 0.0290. The summed E-state index contributed by atoms with van der Waals surface area (Å²) in [5.41, 5.74) is 3.71. The molecule has 1 fully saturated rings. The van der Waals surface area contributed by atoms with E-state index in [2.05, 4.69) is 41.3 Å². The normalized spacial score (nSPS) is 21.8. The molecule has 29 heavy (non-hydrogen) atoms. The van der Waals surface area contributed by atoms with E-state index in [1.807, 2.05) is 18.2 Å². The number of methoxy groups -OCH3 is 1. The molecule has 0 aromatic heterocycles. The van der Waals surface area contributed by atoms with E-state index in [9.17, 15) is 5.11 Å². The fourth-order valence-electron chi connectivity index (χ4n) is 4.62. The predicted octanol–water partition coefficient (Wildman–Crippen LogP) is 4.18. The highest BCUT2D eigenvalue weighted by molar-refractivity contribution is 5.64. The first-order valence-corrected chi connectivity index (χ1v) is 10.6. The lowest BCUT2D eigenvalue weighted by atomic mass is 9.76. The van der Waals surface area contributed by atoms with Crippen LogP contribution in [-0.4, -0.2) is 50.0 Å². The van der Waals surface area contributed by atoms with Crippen LogP contribution in [0.1, 0.15) is 30.4 Å². The van der Waals surface area contributed by atoms with Gasteiger partial charge in [0.25, 0.3) is 0 Å². The Kier molecular flexibility index (Phi) is 6.22. The molecule has 2 aromatic rings. The van der Waals surface area contributed by atoms with Gasteiger partial charge in [0.15, 0.2) is 0 Å². The van der Waals surface area contributed by atoms with Gasteiger partial charge in [-0.15, -0.1) is 0 Å². The van der Waals surface area contributed by atoms with Gasteiger partial charge in [-0.05, 0) is 67.6 Å². The zero-order chi connectivity index (χ0) is 20.1. The average Bonchev–Trinajstić information content (AvgIpc) is 2.78. The summed E-state index contributed by atoms with van der Waals surface area (Å²) in [6.45, 7) is 3.80. The molecule has 0 unspecified atom stereocenters. The van der Waals surface area contributed by atoms with E-state index in [1.54, 1.807) is 7.11 Å². The highest BCUT2D eigenvalue weighted by Gasteiger charge is 2.35. The van der Waals surface area contributed by atoms with Gasteiger partial charge in [0, 0.05) is 30.7 Å². The topological polar surface area (TPSA) is 41.9 Å². The van der Waals surface area contributed by atoms with Gasteiger partial charge in [0.05, 0.1) is 7.11 Å². The Hall–Kier alpha value is -2.30. The molecule has 0 spiro atoms. The average molecular weight is 394 g/mol. The summed E-state index contributed by atoms with van der Waals surface area (Å²) in [6, 6.07) is 16.5. The number of hydrogen-bond donors (Lipinski definition) is 1. The molecule has 2 aromatic carbocycles. The summed E-state index contributed by atoms with van der Waals surface area (Å²) < 4.78 is 11.3. The third kappa shape index (κ3) is 4.82. The standard InChI is InChI=1S/C25H31NO3/c1-28-23-8-9-24-22(15-23)14-21(17-29-24)16-26-13-5-11-25(18-26,19-27)12-10-20-6-3-2-4-7-20/h2-4,6-9,14-15,27H,5,10-13,16-19H2,1H3/t25-/m1/s1. The number of benzene rings is 2. The summed E-state index contributed by atoms with van der Waals surface area (Å²) in [4.78, 5) is 2.49. The maximum Gasteiger partial charge on any atom is 0.127 e. The van der Waals surface area contributed by atoms with Crippen molar-refractivity contribution in [2.24, 2.45) is 5.41 Å². The molecule has 2 aliphatic rings. The molecule has 0 aliphatic carbocycles. The zero-order valence-corrected chi connectivity index (χ0v) is 17.3. The van der Waals surface area contributed by atoms with E-state index < -0.39 is 0 Å². The largest absolute Gasteiger partial charge is 0.497 e. The Morgan fingerprint density at radius 1 is 1.17 bits per heavy atom. The fraction of sp³-hybridized carbons (Fsp3) is 0.440. The minimum Gasteiger partial charge on any atom is -0.497 e. The minimum absolute atomic E-state index is 0.00863. The number of aryl methyl sites for hydroxylation is 1. The minimum atomic E-state index is -0.00863. The van der Waals surface area contributed by atoms with E-state index >= 15 is 0 Å². The van der Waals surface area contributed by atoms with Gasteiger partial charge in [-0.2, -0.15) is 0 Å². The van der Waals surface area contributed by atoms with Crippen LogP contribution in [0.3, 0.4) is 0 Å². The zero-order valence-electron chi connectivity index (χ0n) is 17.3. The van der Waals surface area contributed by atoms with E-state index in [0.29, 0.717) is 6.61 Å². The summed E-state index contributed by atoms with van der Waals surface area (Å²) in [5, 5.41) is 10.3. The van der Waals surface area contributed by atoms with E-state index in [-0.39, 0.29) is 12.0 Å². The number of nitrogens with zero attached hydrogens (tertiary/aromatic N) is 1. The van der Waals surface area contributed by atoms with E-state index in [4.69, 9.17) is 9.47 Å². The van der Waals surface area contributed by atoms with E-state index in [1.165, 1.54) is 11.1 Å². The SMILES string of the molecule is COc1ccc2c(c1)C=C(CN1CCC[C@@](CO)(CCc3ccccc3)C1)CO2. The van der Waals surface area contributed by atoms with Crippen molar-refractivity contribution in [1.82, 2.24) is 4.90 Å². The molecule has 0 saturated carbocycles. The molecule has 1 saturated heterocycles. The summed E-state index contributed by atoms with van der Waals surface area (Å²) in [7, 11) is 1.69. The van der Waals surface area contributed by atoms with Gasteiger partial charge >= 0.3 is 0 Å². The lowest BCUT2D eigenvalue weighted by Crippen LogP contribution is -2.46. The quantitative estimate of drug-likeness (QED) is 0.766. The van der Waals surface area contributed by atoms with Crippen LogP contribution in [0.5, 0.6) is 11.5 Å². The second-order valence-corrected chi connectivity index (χ2v) is 8.45. The van der Waals surface area contributed by atoms with Gasteiger partial charge in [-0.25, -0.2) is 0 Å². The van der Waals surface area contributed by atoms with Crippen LogP contribution >= 0.6 is 0 Å². The first-order chi connectivity index (χ1) is 14.2. The van der Waals surface area contributed by atoms with Gasteiger partial charge in [-0.3, -0.25) is 4.90 Å². The van der Waals surface area contributed by atoms with Crippen LogP contribution in [0.2, 0.25) is 0 Å². The predicted molar refractivity (Wildman–Crippen MR) is 116 cm³/mol.